The van der Waals surface area contributed by atoms with Crippen LogP contribution < -0.4 is 11.1 Å². The molecule has 2 heterocycles. The van der Waals surface area contributed by atoms with E-state index in [4.69, 9.17) is 5.73 Å². The van der Waals surface area contributed by atoms with Gasteiger partial charge in [-0.2, -0.15) is 0 Å². The highest BCUT2D eigenvalue weighted by Gasteiger charge is 2.28. The largest absolute Gasteiger partial charge is 0.353 e. The van der Waals surface area contributed by atoms with Gasteiger partial charge in [-0.25, -0.2) is 0 Å². The van der Waals surface area contributed by atoms with Gasteiger partial charge in [0.25, 0.3) is 0 Å². The molecular formula is C12H20N6O. The molecule has 1 aromatic heterocycles. The minimum atomic E-state index is 0.0872. The van der Waals surface area contributed by atoms with Crippen molar-refractivity contribution in [1.82, 2.24) is 25.0 Å². The summed E-state index contributed by atoms with van der Waals surface area (Å²) in [4.78, 5) is 14.1. The Morgan fingerprint density at radius 1 is 1.53 bits per heavy atom. The normalized spacial score (nSPS) is 20.9. The molecular weight excluding hydrogens is 244 g/mol. The second-order valence-corrected chi connectivity index (χ2v) is 5.35. The van der Waals surface area contributed by atoms with Crippen molar-refractivity contribution in [1.29, 1.82) is 0 Å². The first-order chi connectivity index (χ1) is 9.26. The van der Waals surface area contributed by atoms with Gasteiger partial charge in [0, 0.05) is 38.1 Å². The standard InChI is InChI=1S/C12H20N6O/c13-6-10(5-12(19)15-9-1-2-9)17-3-4-18-8-14-16-11(18)7-17/h8-10H,1-7,13H2,(H,15,19). The van der Waals surface area contributed by atoms with E-state index in [9.17, 15) is 4.79 Å². The van der Waals surface area contributed by atoms with Gasteiger partial charge in [-0.05, 0) is 12.8 Å². The molecule has 1 aromatic rings. The van der Waals surface area contributed by atoms with Crippen LogP contribution in [0.3, 0.4) is 0 Å². The van der Waals surface area contributed by atoms with E-state index in [2.05, 4.69) is 20.4 Å². The Kier molecular flexibility index (Phi) is 3.48. The smallest absolute Gasteiger partial charge is 0.221 e. The van der Waals surface area contributed by atoms with E-state index >= 15 is 0 Å². The first-order valence-corrected chi connectivity index (χ1v) is 6.86. The molecule has 0 spiro atoms. The quantitative estimate of drug-likeness (QED) is 0.718. The molecule has 1 fully saturated rings. The highest BCUT2D eigenvalue weighted by Crippen LogP contribution is 2.19. The zero-order chi connectivity index (χ0) is 13.2. The lowest BCUT2D eigenvalue weighted by molar-refractivity contribution is -0.122. The Hall–Kier alpha value is -1.47. The van der Waals surface area contributed by atoms with E-state index < -0.39 is 0 Å². The number of hydrogen-bond donors (Lipinski definition) is 2. The van der Waals surface area contributed by atoms with Crippen molar-refractivity contribution < 1.29 is 4.79 Å². The van der Waals surface area contributed by atoms with Crippen LogP contribution in [0.4, 0.5) is 0 Å². The number of nitrogens with one attached hydrogen (secondary N) is 1. The lowest BCUT2D eigenvalue weighted by Gasteiger charge is -2.33. The highest BCUT2D eigenvalue weighted by atomic mass is 16.1. The second-order valence-electron chi connectivity index (χ2n) is 5.35. The zero-order valence-electron chi connectivity index (χ0n) is 11.0. The fourth-order valence-electron chi connectivity index (χ4n) is 2.49. The van der Waals surface area contributed by atoms with Gasteiger partial charge in [0.1, 0.15) is 12.2 Å². The SMILES string of the molecule is NCC(CC(=O)NC1CC1)N1CCn2cnnc2C1. The van der Waals surface area contributed by atoms with Crippen molar-refractivity contribution >= 4 is 5.91 Å². The molecule has 19 heavy (non-hydrogen) atoms. The summed E-state index contributed by atoms with van der Waals surface area (Å²) in [5, 5.41) is 11.0. The molecule has 7 heteroatoms. The number of amides is 1. The summed E-state index contributed by atoms with van der Waals surface area (Å²) in [5.74, 6) is 1.07. The van der Waals surface area contributed by atoms with Crippen molar-refractivity contribution in [3.05, 3.63) is 12.2 Å². The van der Waals surface area contributed by atoms with Gasteiger partial charge in [-0.1, -0.05) is 0 Å². The molecule has 0 radical (unpaired) electrons. The van der Waals surface area contributed by atoms with Crippen molar-refractivity contribution in [2.45, 2.75) is 44.4 Å². The van der Waals surface area contributed by atoms with Crippen LogP contribution in [0.1, 0.15) is 25.1 Å². The van der Waals surface area contributed by atoms with E-state index in [0.717, 1.165) is 38.3 Å². The first kappa shape index (κ1) is 12.6. The lowest BCUT2D eigenvalue weighted by atomic mass is 10.1. The molecule has 0 bridgehead atoms. The third-order valence-electron chi connectivity index (χ3n) is 3.82. The molecule has 2 aliphatic rings. The summed E-state index contributed by atoms with van der Waals surface area (Å²) in [7, 11) is 0. The maximum atomic E-state index is 11.9. The molecule has 1 aliphatic carbocycles. The number of nitrogens with zero attached hydrogens (tertiary/aromatic N) is 4. The van der Waals surface area contributed by atoms with Crippen LogP contribution in [-0.2, 0) is 17.9 Å². The molecule has 1 aliphatic heterocycles. The van der Waals surface area contributed by atoms with E-state index in [-0.39, 0.29) is 11.9 Å². The van der Waals surface area contributed by atoms with E-state index in [1.165, 1.54) is 0 Å². The van der Waals surface area contributed by atoms with Crippen LogP contribution >= 0.6 is 0 Å². The van der Waals surface area contributed by atoms with Crippen molar-refractivity contribution in [3.63, 3.8) is 0 Å². The number of carbonyl (C=O) groups excluding carboxylic acids is 1. The van der Waals surface area contributed by atoms with E-state index in [1.807, 2.05) is 4.57 Å². The fraction of sp³-hybridized carbons (Fsp3) is 0.750. The van der Waals surface area contributed by atoms with Crippen LogP contribution in [0.5, 0.6) is 0 Å². The Morgan fingerprint density at radius 3 is 3.11 bits per heavy atom. The Morgan fingerprint density at radius 2 is 2.37 bits per heavy atom. The topological polar surface area (TPSA) is 89.1 Å². The predicted molar refractivity (Wildman–Crippen MR) is 69.1 cm³/mol. The Balaban J connectivity index is 1.58. The van der Waals surface area contributed by atoms with Gasteiger partial charge < -0.3 is 15.6 Å². The van der Waals surface area contributed by atoms with Crippen LogP contribution in [0.15, 0.2) is 6.33 Å². The summed E-state index contributed by atoms with van der Waals surface area (Å²) in [5.41, 5.74) is 5.83. The molecule has 104 valence electrons. The molecule has 0 saturated heterocycles. The molecule has 1 amide bonds. The summed E-state index contributed by atoms with van der Waals surface area (Å²) >= 11 is 0. The Labute approximate surface area is 112 Å². The van der Waals surface area contributed by atoms with Crippen LogP contribution in [0.25, 0.3) is 0 Å². The molecule has 1 unspecified atom stereocenters. The maximum absolute atomic E-state index is 11.9. The van der Waals surface area contributed by atoms with Gasteiger partial charge in [0.15, 0.2) is 0 Å². The number of aromatic nitrogens is 3. The number of fused-ring (bicyclic) bond motifs is 1. The molecule has 3 rings (SSSR count). The molecule has 7 nitrogen and oxygen atoms in total. The maximum Gasteiger partial charge on any atom is 0.221 e. The van der Waals surface area contributed by atoms with Crippen molar-refractivity contribution in [3.8, 4) is 0 Å². The first-order valence-electron chi connectivity index (χ1n) is 6.86. The summed E-state index contributed by atoms with van der Waals surface area (Å²) in [6.45, 7) is 2.97. The van der Waals surface area contributed by atoms with Crippen LogP contribution in [0, 0.1) is 0 Å². The van der Waals surface area contributed by atoms with Gasteiger partial charge in [0.05, 0.1) is 6.54 Å². The van der Waals surface area contributed by atoms with Crippen molar-refractivity contribution in [2.24, 2.45) is 5.73 Å². The average Bonchev–Trinajstić information content (AvgIpc) is 3.09. The number of rotatable bonds is 5. The lowest BCUT2D eigenvalue weighted by Crippen LogP contribution is -2.47. The number of hydrogen-bond acceptors (Lipinski definition) is 5. The number of carbonyl (C=O) groups is 1. The minimum Gasteiger partial charge on any atom is -0.353 e. The van der Waals surface area contributed by atoms with Gasteiger partial charge in [-0.3, -0.25) is 9.69 Å². The highest BCUT2D eigenvalue weighted by molar-refractivity contribution is 5.77. The second kappa shape index (κ2) is 5.26. The zero-order valence-corrected chi connectivity index (χ0v) is 11.0. The minimum absolute atomic E-state index is 0.0872. The third kappa shape index (κ3) is 2.93. The monoisotopic (exact) mass is 264 g/mol. The fourth-order valence-corrected chi connectivity index (χ4v) is 2.49. The van der Waals surface area contributed by atoms with Gasteiger partial charge in [-0.15, -0.1) is 10.2 Å². The molecule has 0 aromatic carbocycles. The predicted octanol–water partition coefficient (Wildman–Crippen LogP) is -0.910. The molecule has 1 saturated carbocycles. The van der Waals surface area contributed by atoms with Gasteiger partial charge in [0.2, 0.25) is 5.91 Å². The summed E-state index contributed by atoms with van der Waals surface area (Å²) in [6.07, 6.45) is 4.46. The molecule has 1 atom stereocenters. The Bertz CT molecular complexity index is 455. The van der Waals surface area contributed by atoms with E-state index in [1.54, 1.807) is 6.33 Å². The molecule has 3 N–H and O–H groups in total. The van der Waals surface area contributed by atoms with Crippen LogP contribution in [-0.4, -0.2) is 50.7 Å². The van der Waals surface area contributed by atoms with Crippen molar-refractivity contribution in [2.75, 3.05) is 13.1 Å². The van der Waals surface area contributed by atoms with E-state index in [0.29, 0.717) is 19.0 Å². The van der Waals surface area contributed by atoms with Gasteiger partial charge >= 0.3 is 0 Å². The summed E-state index contributed by atoms with van der Waals surface area (Å²) < 4.78 is 2.05. The average molecular weight is 264 g/mol. The number of nitrogens with two attached hydrogens (primary N) is 1. The van der Waals surface area contributed by atoms with Crippen LogP contribution in [0.2, 0.25) is 0 Å². The summed E-state index contributed by atoms with van der Waals surface area (Å²) in [6, 6.07) is 0.500. The third-order valence-corrected chi connectivity index (χ3v) is 3.82.